The number of fused-ring (bicyclic) bond motifs is 1. The van der Waals surface area contributed by atoms with Crippen LogP contribution in [0.2, 0.25) is 0 Å². The Labute approximate surface area is 92.0 Å². The van der Waals surface area contributed by atoms with E-state index >= 15 is 0 Å². The van der Waals surface area contributed by atoms with Crippen molar-refractivity contribution in [2.45, 2.75) is 0 Å². The molecule has 3 rings (SSSR count). The third kappa shape index (κ3) is 1.43. The van der Waals surface area contributed by atoms with Gasteiger partial charge in [-0.25, -0.2) is 4.98 Å². The summed E-state index contributed by atoms with van der Waals surface area (Å²) in [6.45, 7) is 0. The predicted molar refractivity (Wildman–Crippen MR) is 63.9 cm³/mol. The van der Waals surface area contributed by atoms with Crippen LogP contribution in [-0.4, -0.2) is 4.98 Å². The lowest BCUT2D eigenvalue weighted by Crippen LogP contribution is -1.77. The monoisotopic (exact) mass is 210 g/mol. The van der Waals surface area contributed by atoms with Crippen LogP contribution in [0.5, 0.6) is 0 Å². The minimum atomic E-state index is 1.06. The van der Waals surface area contributed by atoms with Crippen LogP contribution in [0.25, 0.3) is 21.3 Å². The maximum Gasteiger partial charge on any atom is 0.0818 e. The fourth-order valence-corrected chi connectivity index (χ4v) is 2.48. The molecule has 1 radical (unpaired) electrons. The summed E-state index contributed by atoms with van der Waals surface area (Å²) in [6.07, 6.45) is 0. The van der Waals surface area contributed by atoms with Gasteiger partial charge in [-0.15, -0.1) is 11.3 Å². The van der Waals surface area contributed by atoms with Crippen LogP contribution >= 0.6 is 11.3 Å². The van der Waals surface area contributed by atoms with E-state index in [-0.39, 0.29) is 0 Å². The average molecular weight is 210 g/mol. The zero-order valence-electron chi connectivity index (χ0n) is 7.97. The summed E-state index contributed by atoms with van der Waals surface area (Å²) in [7, 11) is 0. The topological polar surface area (TPSA) is 12.9 Å². The van der Waals surface area contributed by atoms with Crippen molar-refractivity contribution in [1.29, 1.82) is 0 Å². The van der Waals surface area contributed by atoms with E-state index in [0.717, 1.165) is 11.1 Å². The van der Waals surface area contributed by atoms with Crippen molar-refractivity contribution in [1.82, 2.24) is 4.98 Å². The highest BCUT2D eigenvalue weighted by Gasteiger charge is 2.04. The van der Waals surface area contributed by atoms with Gasteiger partial charge in [-0.1, -0.05) is 36.4 Å². The normalized spacial score (nSPS) is 10.7. The van der Waals surface area contributed by atoms with E-state index in [2.05, 4.69) is 23.2 Å². The maximum absolute atomic E-state index is 4.31. The van der Waals surface area contributed by atoms with Gasteiger partial charge in [0.1, 0.15) is 0 Å². The van der Waals surface area contributed by atoms with Crippen LogP contribution in [0.3, 0.4) is 0 Å². The molecule has 0 amide bonds. The molecule has 1 heterocycles. The third-order valence-electron chi connectivity index (χ3n) is 2.36. The molecule has 0 unspecified atom stereocenters. The Hall–Kier alpha value is -1.67. The van der Waals surface area contributed by atoms with Gasteiger partial charge in [0.15, 0.2) is 0 Å². The van der Waals surface area contributed by atoms with Crippen LogP contribution in [-0.2, 0) is 0 Å². The molecular formula is C13H8NS. The first-order valence-electron chi connectivity index (χ1n) is 4.74. The Morgan fingerprint density at radius 1 is 1.07 bits per heavy atom. The second-order valence-corrected chi connectivity index (χ2v) is 4.14. The second-order valence-electron chi connectivity index (χ2n) is 3.28. The highest BCUT2D eigenvalue weighted by molar-refractivity contribution is 7.17. The Morgan fingerprint density at radius 3 is 2.93 bits per heavy atom. The van der Waals surface area contributed by atoms with Crippen molar-refractivity contribution in [3.8, 4) is 11.1 Å². The van der Waals surface area contributed by atoms with Gasteiger partial charge < -0.3 is 0 Å². The number of hydrogen-bond acceptors (Lipinski definition) is 2. The van der Waals surface area contributed by atoms with Crippen molar-refractivity contribution in [3.05, 3.63) is 54.0 Å². The number of benzene rings is 2. The standard InChI is InChI=1S/C13H8NS/c1-2-5-10(6-3-1)11-7-4-8-12-13(11)15-9-14-12/h1-5,7-9H. The Bertz CT molecular complexity index is 584. The first-order chi connectivity index (χ1) is 7.45. The van der Waals surface area contributed by atoms with Gasteiger partial charge in [0.25, 0.3) is 0 Å². The molecule has 2 heteroatoms. The first kappa shape index (κ1) is 8.62. The summed E-state index contributed by atoms with van der Waals surface area (Å²) in [5.74, 6) is 0. The van der Waals surface area contributed by atoms with Crippen LogP contribution in [0.1, 0.15) is 0 Å². The van der Waals surface area contributed by atoms with Crippen LogP contribution in [0.4, 0.5) is 0 Å². The zero-order chi connectivity index (χ0) is 10.1. The number of hydrogen-bond donors (Lipinski definition) is 0. The molecule has 15 heavy (non-hydrogen) atoms. The second kappa shape index (κ2) is 3.48. The van der Waals surface area contributed by atoms with Crippen LogP contribution in [0, 0.1) is 6.07 Å². The highest BCUT2D eigenvalue weighted by Crippen LogP contribution is 2.30. The molecule has 0 saturated carbocycles. The van der Waals surface area contributed by atoms with E-state index in [0.29, 0.717) is 0 Å². The fourth-order valence-electron chi connectivity index (χ4n) is 1.66. The molecule has 0 aliphatic carbocycles. The molecule has 0 spiro atoms. The van der Waals surface area contributed by atoms with E-state index in [4.69, 9.17) is 0 Å². The van der Waals surface area contributed by atoms with Gasteiger partial charge in [0.05, 0.1) is 15.7 Å². The number of aromatic nitrogens is 1. The summed E-state index contributed by atoms with van der Waals surface area (Å²) in [5.41, 5.74) is 5.30. The van der Waals surface area contributed by atoms with Crippen molar-refractivity contribution in [2.75, 3.05) is 0 Å². The Balaban J connectivity index is 2.31. The highest BCUT2D eigenvalue weighted by atomic mass is 32.1. The fraction of sp³-hybridized carbons (Fsp3) is 0. The minimum Gasteiger partial charge on any atom is -0.245 e. The van der Waals surface area contributed by atoms with Gasteiger partial charge in [-0.2, -0.15) is 0 Å². The van der Waals surface area contributed by atoms with Crippen LogP contribution in [0.15, 0.2) is 48.0 Å². The summed E-state index contributed by atoms with van der Waals surface area (Å²) < 4.78 is 1.24. The zero-order valence-corrected chi connectivity index (χ0v) is 8.79. The van der Waals surface area contributed by atoms with Crippen LogP contribution < -0.4 is 0 Å². The van der Waals surface area contributed by atoms with Crippen molar-refractivity contribution >= 4 is 21.6 Å². The maximum atomic E-state index is 4.31. The Kier molecular flexibility index (Phi) is 2.00. The SMILES string of the molecule is [c]1ccccc1-c1cccc2ncsc12. The molecule has 2 aromatic carbocycles. The smallest absolute Gasteiger partial charge is 0.0818 e. The molecule has 0 bridgehead atoms. The van der Waals surface area contributed by atoms with E-state index in [9.17, 15) is 0 Å². The molecule has 0 saturated heterocycles. The number of thiazole rings is 1. The van der Waals surface area contributed by atoms with Crippen molar-refractivity contribution in [3.63, 3.8) is 0 Å². The van der Waals surface area contributed by atoms with Gasteiger partial charge in [0, 0.05) is 5.56 Å². The summed E-state index contributed by atoms with van der Waals surface area (Å²) in [4.78, 5) is 4.31. The van der Waals surface area contributed by atoms with Gasteiger partial charge >= 0.3 is 0 Å². The molecule has 3 aromatic rings. The molecule has 0 fully saturated rings. The lowest BCUT2D eigenvalue weighted by molar-refractivity contribution is 1.50. The van der Waals surface area contributed by atoms with Crippen molar-refractivity contribution < 1.29 is 0 Å². The average Bonchev–Trinajstić information content (AvgIpc) is 2.78. The summed E-state index contributed by atoms with van der Waals surface area (Å²) in [6, 6.07) is 17.5. The van der Waals surface area contributed by atoms with Crippen molar-refractivity contribution in [2.24, 2.45) is 0 Å². The number of rotatable bonds is 1. The largest absolute Gasteiger partial charge is 0.245 e. The first-order valence-corrected chi connectivity index (χ1v) is 5.62. The summed E-state index contributed by atoms with van der Waals surface area (Å²) >= 11 is 1.68. The molecule has 0 N–H and O–H groups in total. The Morgan fingerprint density at radius 2 is 2.07 bits per heavy atom. The minimum absolute atomic E-state index is 1.06. The van der Waals surface area contributed by atoms with E-state index < -0.39 is 0 Å². The molecule has 1 aromatic heterocycles. The lowest BCUT2D eigenvalue weighted by atomic mass is 10.1. The molecule has 1 nitrogen and oxygen atoms in total. The van der Waals surface area contributed by atoms with Gasteiger partial charge in [-0.05, 0) is 17.7 Å². The van der Waals surface area contributed by atoms with Gasteiger partial charge in [-0.3, -0.25) is 0 Å². The van der Waals surface area contributed by atoms with E-state index in [1.54, 1.807) is 11.3 Å². The molecular weight excluding hydrogens is 202 g/mol. The molecule has 0 atom stereocenters. The van der Waals surface area contributed by atoms with E-state index in [1.807, 2.05) is 35.8 Å². The summed E-state index contributed by atoms with van der Waals surface area (Å²) in [5, 5.41) is 0. The molecule has 71 valence electrons. The van der Waals surface area contributed by atoms with E-state index in [1.165, 1.54) is 10.3 Å². The molecule has 0 aliphatic heterocycles. The van der Waals surface area contributed by atoms with Gasteiger partial charge in [0.2, 0.25) is 0 Å². The predicted octanol–water partition coefficient (Wildman–Crippen LogP) is 3.76. The lowest BCUT2D eigenvalue weighted by Gasteiger charge is -2.01. The third-order valence-corrected chi connectivity index (χ3v) is 3.23. The molecule has 0 aliphatic rings. The number of nitrogens with zero attached hydrogens (tertiary/aromatic N) is 1. The quantitative estimate of drug-likeness (QED) is 0.596.